The van der Waals surface area contributed by atoms with Gasteiger partial charge in [-0.05, 0) is 30.3 Å². The molecule has 0 aromatic heterocycles. The number of benzene rings is 3. The maximum absolute atomic E-state index is 13.3. The van der Waals surface area contributed by atoms with E-state index in [9.17, 15) is 43.9 Å². The van der Waals surface area contributed by atoms with Crippen LogP contribution in [0.25, 0.3) is 0 Å². The van der Waals surface area contributed by atoms with E-state index in [1.807, 2.05) is 0 Å². The maximum atomic E-state index is 13.3. The first-order valence-corrected chi connectivity index (χ1v) is 14.8. The smallest absolute Gasteiger partial charge is 0.744 e. The average Bonchev–Trinajstić information content (AvgIpc) is 2.82. The molecule has 0 atom stereocenters. The van der Waals surface area contributed by atoms with Gasteiger partial charge in [-0.3, -0.25) is 13.8 Å². The molecule has 0 saturated carbocycles. The van der Waals surface area contributed by atoms with Crippen molar-refractivity contribution in [3.8, 4) is 0 Å². The molecule has 0 fully saturated rings. The molecule has 0 aliphatic heterocycles. The maximum Gasteiger partial charge on any atom is 1.00 e. The molecule has 0 heterocycles. The summed E-state index contributed by atoms with van der Waals surface area (Å²) in [5, 5.41) is 2.72. The van der Waals surface area contributed by atoms with Crippen molar-refractivity contribution in [2.45, 2.75) is 9.79 Å². The van der Waals surface area contributed by atoms with Crippen LogP contribution in [0.4, 0.5) is 17.1 Å². The van der Waals surface area contributed by atoms with Gasteiger partial charge in [0, 0.05) is 16.8 Å². The number of nitrogens with two attached hydrogens (primary N) is 1. The molecule has 0 unspecified atom stereocenters. The predicted molar refractivity (Wildman–Crippen MR) is 130 cm³/mol. The van der Waals surface area contributed by atoms with Gasteiger partial charge in [0.1, 0.15) is 10.1 Å². The van der Waals surface area contributed by atoms with Crippen molar-refractivity contribution in [3.05, 3.63) is 76.9 Å². The monoisotopic (exact) mass is 626 g/mol. The van der Waals surface area contributed by atoms with Gasteiger partial charge in [-0.25, -0.2) is 25.3 Å². The standard InChI is InChI=1S/C22H18N2O11S3.2Na/c23-20-17(37(29,30)31)11-16(18-19(20)22(26)15-4-2-1-3-14(15)21(18)25)24-12-5-7-13(8-6-12)36(27,28)10-9-35-38(32,33)34;;/h1-8,11,24H,9-10,23H2,(H,29,30,31)(H,32,33,34);;/q;2*+1/p-2. The second-order valence-electron chi connectivity index (χ2n) is 7.94. The quantitative estimate of drug-likeness (QED) is 0.0808. The minimum absolute atomic E-state index is 0. The van der Waals surface area contributed by atoms with Crippen LogP contribution in [0, 0.1) is 0 Å². The van der Waals surface area contributed by atoms with E-state index in [1.165, 1.54) is 36.4 Å². The number of sulfone groups is 1. The van der Waals surface area contributed by atoms with Gasteiger partial charge in [-0.2, -0.15) is 0 Å². The van der Waals surface area contributed by atoms with Crippen molar-refractivity contribution in [2.75, 3.05) is 23.4 Å². The van der Waals surface area contributed by atoms with Gasteiger partial charge in [0.25, 0.3) is 0 Å². The Bertz CT molecular complexity index is 1830. The Morgan fingerprint density at radius 3 is 1.82 bits per heavy atom. The second-order valence-corrected chi connectivity index (χ2v) is 12.5. The van der Waals surface area contributed by atoms with E-state index in [-0.39, 0.29) is 92.1 Å². The Hall–Kier alpha value is -1.67. The Balaban J connectivity index is 0.00000280. The van der Waals surface area contributed by atoms with Gasteiger partial charge < -0.3 is 20.2 Å². The number of hydrogen-bond donors (Lipinski definition) is 2. The first kappa shape index (κ1) is 34.5. The topological polar surface area (TPSA) is 230 Å². The average molecular weight is 627 g/mol. The van der Waals surface area contributed by atoms with E-state index in [2.05, 4.69) is 9.50 Å². The number of rotatable bonds is 8. The fourth-order valence-electron chi connectivity index (χ4n) is 3.86. The molecule has 0 spiro atoms. The number of nitrogen functional groups attached to an aromatic ring is 1. The summed E-state index contributed by atoms with van der Waals surface area (Å²) in [6, 6.07) is 11.3. The van der Waals surface area contributed by atoms with E-state index < -0.39 is 70.4 Å². The van der Waals surface area contributed by atoms with Gasteiger partial charge in [0.15, 0.2) is 21.4 Å². The number of carbonyl (C=O) groups is 2. The first-order chi connectivity index (χ1) is 17.6. The molecule has 1 aliphatic rings. The number of anilines is 3. The molecule has 3 aromatic carbocycles. The Morgan fingerprint density at radius 2 is 1.32 bits per heavy atom. The van der Waals surface area contributed by atoms with Crippen LogP contribution < -0.4 is 70.2 Å². The minimum atomic E-state index is -5.18. The van der Waals surface area contributed by atoms with Crippen molar-refractivity contribution in [2.24, 2.45) is 0 Å². The molecule has 3 N–H and O–H groups in total. The fraction of sp³-hybridized carbons (Fsp3) is 0.0909. The molecular formula is C22H16N2Na2O11S3. The zero-order valence-electron chi connectivity index (χ0n) is 20.9. The third kappa shape index (κ3) is 7.21. The summed E-state index contributed by atoms with van der Waals surface area (Å²) in [5.74, 6) is -2.23. The minimum Gasteiger partial charge on any atom is -0.744 e. The summed E-state index contributed by atoms with van der Waals surface area (Å²) < 4.78 is 95.8. The van der Waals surface area contributed by atoms with Crippen LogP contribution in [0.2, 0.25) is 0 Å². The van der Waals surface area contributed by atoms with Crippen LogP contribution in [-0.4, -0.2) is 58.3 Å². The number of ketones is 2. The van der Waals surface area contributed by atoms with Crippen molar-refractivity contribution in [1.82, 2.24) is 0 Å². The molecule has 1 aliphatic carbocycles. The molecule has 0 bridgehead atoms. The first-order valence-electron chi connectivity index (χ1n) is 10.4. The molecule has 0 amide bonds. The van der Waals surface area contributed by atoms with Gasteiger partial charge in [0.2, 0.25) is 10.4 Å². The van der Waals surface area contributed by atoms with Crippen LogP contribution >= 0.6 is 0 Å². The fourth-order valence-corrected chi connectivity index (χ4v) is 5.98. The van der Waals surface area contributed by atoms with Crippen LogP contribution in [0.5, 0.6) is 0 Å². The normalized spacial score (nSPS) is 12.9. The van der Waals surface area contributed by atoms with Crippen LogP contribution in [-0.2, 0) is 34.5 Å². The summed E-state index contributed by atoms with van der Waals surface area (Å²) in [6.45, 7) is -0.893. The van der Waals surface area contributed by atoms with Crippen LogP contribution in [0.3, 0.4) is 0 Å². The van der Waals surface area contributed by atoms with Crippen molar-refractivity contribution in [3.63, 3.8) is 0 Å². The van der Waals surface area contributed by atoms with Crippen LogP contribution in [0.1, 0.15) is 31.8 Å². The van der Waals surface area contributed by atoms with Crippen molar-refractivity contribution in [1.29, 1.82) is 0 Å². The molecule has 40 heavy (non-hydrogen) atoms. The van der Waals surface area contributed by atoms with E-state index in [1.54, 1.807) is 0 Å². The van der Waals surface area contributed by atoms with Gasteiger partial charge in [0.05, 0.1) is 44.7 Å². The third-order valence-electron chi connectivity index (χ3n) is 5.54. The molecule has 200 valence electrons. The molecule has 3 aromatic rings. The molecule has 4 rings (SSSR count). The van der Waals surface area contributed by atoms with E-state index in [0.29, 0.717) is 0 Å². The zero-order valence-corrected chi connectivity index (χ0v) is 27.4. The molecule has 0 radical (unpaired) electrons. The molecular weight excluding hydrogens is 610 g/mol. The zero-order chi connectivity index (χ0) is 28.0. The molecule has 0 saturated heterocycles. The summed E-state index contributed by atoms with van der Waals surface area (Å²) in [4.78, 5) is 25.3. The SMILES string of the molecule is Nc1c(S(=O)(=O)[O-])cc(Nc2ccc(S(=O)(=O)CCOS(=O)(=O)[O-])cc2)c2c1C(=O)c1ccccc1C2=O.[Na+].[Na+]. The Labute approximate surface area is 273 Å². The number of nitrogens with one attached hydrogen (secondary N) is 1. The number of hydrogen-bond acceptors (Lipinski definition) is 13. The third-order valence-corrected chi connectivity index (χ3v) is 8.57. The Morgan fingerprint density at radius 1 is 0.800 bits per heavy atom. The van der Waals surface area contributed by atoms with E-state index in [4.69, 9.17) is 5.73 Å². The van der Waals surface area contributed by atoms with E-state index >= 15 is 0 Å². The van der Waals surface area contributed by atoms with Crippen LogP contribution in [0.15, 0.2) is 64.4 Å². The van der Waals surface area contributed by atoms with Gasteiger partial charge in [-0.15, -0.1) is 0 Å². The molecule has 13 nitrogen and oxygen atoms in total. The number of carbonyl (C=O) groups excluding carboxylic acids is 2. The van der Waals surface area contributed by atoms with Gasteiger partial charge in [-0.1, -0.05) is 24.3 Å². The largest absolute Gasteiger partial charge is 1.00 e. The second kappa shape index (κ2) is 12.7. The summed E-state index contributed by atoms with van der Waals surface area (Å²) in [5.41, 5.74) is 4.39. The number of fused-ring (bicyclic) bond motifs is 2. The van der Waals surface area contributed by atoms with E-state index in [0.717, 1.165) is 18.2 Å². The van der Waals surface area contributed by atoms with Crippen molar-refractivity contribution >= 4 is 59.0 Å². The summed E-state index contributed by atoms with van der Waals surface area (Å²) in [6.07, 6.45) is 0. The summed E-state index contributed by atoms with van der Waals surface area (Å²) in [7, 11) is -14.3. The molecule has 18 heteroatoms. The predicted octanol–water partition coefficient (Wildman–Crippen LogP) is -5.05. The van der Waals surface area contributed by atoms with Gasteiger partial charge >= 0.3 is 59.1 Å². The van der Waals surface area contributed by atoms with Crippen molar-refractivity contribution < 1.29 is 107 Å². The summed E-state index contributed by atoms with van der Waals surface area (Å²) >= 11 is 0. The Kier molecular flexibility index (Phi) is 10.9.